The minimum absolute atomic E-state index is 0.0501. The number of amides is 1. The minimum atomic E-state index is 0.0501. The van der Waals surface area contributed by atoms with Crippen molar-refractivity contribution in [1.29, 1.82) is 0 Å². The largest absolute Gasteiger partial charge is 0.492 e. The van der Waals surface area contributed by atoms with E-state index >= 15 is 0 Å². The van der Waals surface area contributed by atoms with E-state index in [4.69, 9.17) is 4.74 Å². The van der Waals surface area contributed by atoms with E-state index in [0.717, 1.165) is 11.3 Å². The maximum Gasteiger partial charge on any atom is 0.246 e. The van der Waals surface area contributed by atoms with Crippen LogP contribution in [0.5, 0.6) is 5.75 Å². The number of rotatable bonds is 6. The van der Waals surface area contributed by atoms with Gasteiger partial charge in [-0.3, -0.25) is 4.79 Å². The monoisotopic (exact) mass is 247 g/mol. The summed E-state index contributed by atoms with van der Waals surface area (Å²) < 4.78 is 5.58. The van der Waals surface area contributed by atoms with Crippen LogP contribution in [0, 0.1) is 0 Å². The van der Waals surface area contributed by atoms with Crippen molar-refractivity contribution < 1.29 is 9.53 Å². The maximum absolute atomic E-state index is 11.8. The molecule has 0 radical (unpaired) electrons. The summed E-state index contributed by atoms with van der Waals surface area (Å²) in [5.74, 6) is 0.886. The van der Waals surface area contributed by atoms with Gasteiger partial charge in [-0.05, 0) is 32.9 Å². The Morgan fingerprint density at radius 1 is 1.28 bits per heavy atom. The molecule has 3 nitrogen and oxygen atoms in total. The first-order valence-electron chi connectivity index (χ1n) is 6.25. The van der Waals surface area contributed by atoms with E-state index < -0.39 is 0 Å². The van der Waals surface area contributed by atoms with Gasteiger partial charge >= 0.3 is 0 Å². The van der Waals surface area contributed by atoms with Gasteiger partial charge in [-0.15, -0.1) is 0 Å². The number of nitrogens with zero attached hydrogens (tertiary/aromatic N) is 1. The van der Waals surface area contributed by atoms with Gasteiger partial charge in [-0.2, -0.15) is 0 Å². The number of likely N-dealkylation sites (N-methyl/N-ethyl adjacent to an activating group) is 1. The van der Waals surface area contributed by atoms with Gasteiger partial charge in [0.25, 0.3) is 0 Å². The van der Waals surface area contributed by atoms with Gasteiger partial charge in [0.2, 0.25) is 5.91 Å². The summed E-state index contributed by atoms with van der Waals surface area (Å²) in [5.41, 5.74) is 1.02. The predicted molar refractivity (Wildman–Crippen MR) is 73.6 cm³/mol. The average Bonchev–Trinajstić information content (AvgIpc) is 2.35. The summed E-state index contributed by atoms with van der Waals surface area (Å²) in [6, 6.07) is 9.63. The first kappa shape index (κ1) is 14.3. The highest BCUT2D eigenvalue weighted by molar-refractivity contribution is 5.88. The number of carbonyl (C=O) groups excluding carboxylic acids is 1. The van der Waals surface area contributed by atoms with Crippen molar-refractivity contribution in [3.63, 3.8) is 0 Å². The Bertz CT molecular complexity index is 394. The van der Waals surface area contributed by atoms with Crippen LogP contribution in [0.15, 0.2) is 42.0 Å². The lowest BCUT2D eigenvalue weighted by molar-refractivity contribution is -0.126. The molecule has 0 fully saturated rings. The van der Waals surface area contributed by atoms with Crippen molar-refractivity contribution in [1.82, 2.24) is 4.90 Å². The van der Waals surface area contributed by atoms with Crippen molar-refractivity contribution in [2.75, 3.05) is 19.7 Å². The molecule has 1 aromatic carbocycles. The standard InChI is InChI=1S/C15H21NO2/c1-4-16(15(17)12-13(2)3)10-11-18-14-8-6-5-7-9-14/h5-9,12H,4,10-11H2,1-3H3. The number of para-hydroxylation sites is 1. The Hall–Kier alpha value is -1.77. The Morgan fingerprint density at radius 2 is 1.94 bits per heavy atom. The molecule has 0 heterocycles. The molecule has 98 valence electrons. The van der Waals surface area contributed by atoms with Crippen LogP contribution in [0.4, 0.5) is 0 Å². The summed E-state index contributed by atoms with van der Waals surface area (Å²) in [6.07, 6.45) is 1.66. The molecule has 3 heteroatoms. The van der Waals surface area contributed by atoms with Crippen LogP contribution < -0.4 is 4.74 Å². The second-order valence-corrected chi connectivity index (χ2v) is 4.30. The molecule has 0 spiro atoms. The van der Waals surface area contributed by atoms with Crippen molar-refractivity contribution in [2.45, 2.75) is 20.8 Å². The molecule has 0 aromatic heterocycles. The summed E-state index contributed by atoms with van der Waals surface area (Å²) in [7, 11) is 0. The smallest absolute Gasteiger partial charge is 0.246 e. The molecule has 1 aromatic rings. The molecule has 0 aliphatic heterocycles. The van der Waals surface area contributed by atoms with E-state index in [1.807, 2.05) is 51.1 Å². The summed E-state index contributed by atoms with van der Waals surface area (Å²) in [6.45, 7) is 7.63. The molecule has 0 bridgehead atoms. The van der Waals surface area contributed by atoms with Gasteiger partial charge < -0.3 is 9.64 Å². The zero-order valence-electron chi connectivity index (χ0n) is 11.3. The Labute approximate surface area is 109 Å². The van der Waals surface area contributed by atoms with E-state index in [-0.39, 0.29) is 5.91 Å². The van der Waals surface area contributed by atoms with E-state index in [0.29, 0.717) is 19.7 Å². The fraction of sp³-hybridized carbons (Fsp3) is 0.400. The van der Waals surface area contributed by atoms with Gasteiger partial charge in [0, 0.05) is 12.6 Å². The molecular formula is C15H21NO2. The van der Waals surface area contributed by atoms with E-state index in [9.17, 15) is 4.79 Å². The van der Waals surface area contributed by atoms with Crippen LogP contribution in [-0.2, 0) is 4.79 Å². The fourth-order valence-corrected chi connectivity index (χ4v) is 1.55. The van der Waals surface area contributed by atoms with Gasteiger partial charge in [-0.25, -0.2) is 0 Å². The third-order valence-corrected chi connectivity index (χ3v) is 2.48. The Kier molecular flexibility index (Phi) is 5.98. The quantitative estimate of drug-likeness (QED) is 0.723. The third kappa shape index (κ3) is 5.04. The number of hydrogen-bond donors (Lipinski definition) is 0. The van der Waals surface area contributed by atoms with Gasteiger partial charge in [0.15, 0.2) is 0 Å². The van der Waals surface area contributed by atoms with Crippen molar-refractivity contribution >= 4 is 5.91 Å². The number of allylic oxidation sites excluding steroid dienone is 1. The van der Waals surface area contributed by atoms with Crippen LogP contribution in [0.25, 0.3) is 0 Å². The normalized spacial score (nSPS) is 9.72. The lowest BCUT2D eigenvalue weighted by Gasteiger charge is -2.19. The molecule has 0 atom stereocenters. The van der Waals surface area contributed by atoms with Crippen molar-refractivity contribution in [3.05, 3.63) is 42.0 Å². The van der Waals surface area contributed by atoms with Gasteiger partial charge in [0.05, 0.1) is 6.54 Å². The zero-order chi connectivity index (χ0) is 13.4. The summed E-state index contributed by atoms with van der Waals surface area (Å²) in [4.78, 5) is 13.6. The van der Waals surface area contributed by atoms with Crippen LogP contribution in [0.3, 0.4) is 0 Å². The van der Waals surface area contributed by atoms with Crippen LogP contribution in [-0.4, -0.2) is 30.5 Å². The van der Waals surface area contributed by atoms with E-state index in [1.54, 1.807) is 11.0 Å². The highest BCUT2D eigenvalue weighted by Crippen LogP contribution is 2.08. The molecule has 0 aliphatic rings. The predicted octanol–water partition coefficient (Wildman–Crippen LogP) is 2.88. The molecule has 0 N–H and O–H groups in total. The van der Waals surface area contributed by atoms with Gasteiger partial charge in [-0.1, -0.05) is 23.8 Å². The highest BCUT2D eigenvalue weighted by Gasteiger charge is 2.08. The van der Waals surface area contributed by atoms with Crippen molar-refractivity contribution in [2.24, 2.45) is 0 Å². The average molecular weight is 247 g/mol. The Balaban J connectivity index is 2.41. The summed E-state index contributed by atoms with van der Waals surface area (Å²) >= 11 is 0. The number of benzene rings is 1. The number of carbonyl (C=O) groups is 1. The first-order chi connectivity index (χ1) is 8.63. The lowest BCUT2D eigenvalue weighted by atomic mass is 10.3. The molecular weight excluding hydrogens is 226 g/mol. The lowest BCUT2D eigenvalue weighted by Crippen LogP contribution is -2.33. The Morgan fingerprint density at radius 3 is 2.50 bits per heavy atom. The second kappa shape index (κ2) is 7.54. The number of ether oxygens (including phenoxy) is 1. The highest BCUT2D eigenvalue weighted by atomic mass is 16.5. The fourth-order valence-electron chi connectivity index (χ4n) is 1.55. The zero-order valence-corrected chi connectivity index (χ0v) is 11.3. The molecule has 18 heavy (non-hydrogen) atoms. The van der Waals surface area contributed by atoms with Crippen LogP contribution >= 0.6 is 0 Å². The topological polar surface area (TPSA) is 29.5 Å². The molecule has 0 aliphatic carbocycles. The van der Waals surface area contributed by atoms with Gasteiger partial charge in [0.1, 0.15) is 12.4 Å². The summed E-state index contributed by atoms with van der Waals surface area (Å²) in [5, 5.41) is 0. The third-order valence-electron chi connectivity index (χ3n) is 2.48. The first-order valence-corrected chi connectivity index (χ1v) is 6.25. The molecule has 1 rings (SSSR count). The van der Waals surface area contributed by atoms with Crippen LogP contribution in [0.1, 0.15) is 20.8 Å². The molecule has 0 saturated heterocycles. The molecule has 0 saturated carbocycles. The van der Waals surface area contributed by atoms with E-state index in [2.05, 4.69) is 0 Å². The van der Waals surface area contributed by atoms with Crippen molar-refractivity contribution in [3.8, 4) is 5.75 Å². The molecule has 1 amide bonds. The SMILES string of the molecule is CCN(CCOc1ccccc1)C(=O)C=C(C)C. The van der Waals surface area contributed by atoms with Crippen LogP contribution in [0.2, 0.25) is 0 Å². The van der Waals surface area contributed by atoms with E-state index in [1.165, 1.54) is 0 Å². The minimum Gasteiger partial charge on any atom is -0.492 e. The number of hydrogen-bond acceptors (Lipinski definition) is 2. The maximum atomic E-state index is 11.8. The second-order valence-electron chi connectivity index (χ2n) is 4.30. The molecule has 0 unspecified atom stereocenters.